The average Bonchev–Trinajstić information content (AvgIpc) is 2.22. The first-order chi connectivity index (χ1) is 7.54. The summed E-state index contributed by atoms with van der Waals surface area (Å²) in [5.74, 6) is 0.553. The Morgan fingerprint density at radius 2 is 2.12 bits per heavy atom. The van der Waals surface area contributed by atoms with Gasteiger partial charge in [0, 0.05) is 18.1 Å². The number of nitrogens with zero attached hydrogens (tertiary/aromatic N) is 1. The maximum absolute atomic E-state index is 11.4. The third-order valence-corrected chi connectivity index (χ3v) is 3.45. The van der Waals surface area contributed by atoms with E-state index in [1.807, 2.05) is 0 Å². The van der Waals surface area contributed by atoms with Crippen LogP contribution in [-0.2, 0) is 6.54 Å². The van der Waals surface area contributed by atoms with Crippen molar-refractivity contribution in [1.29, 1.82) is 0 Å². The highest BCUT2D eigenvalue weighted by molar-refractivity contribution is 9.10. The molecule has 16 heavy (non-hydrogen) atoms. The molecule has 4 nitrogen and oxygen atoms in total. The van der Waals surface area contributed by atoms with Gasteiger partial charge < -0.3 is 0 Å². The smallest absolute Gasteiger partial charge is 0.299 e. The van der Waals surface area contributed by atoms with Crippen LogP contribution in [0.15, 0.2) is 20.3 Å². The highest BCUT2D eigenvalue weighted by Gasteiger charge is 2.05. The van der Waals surface area contributed by atoms with Gasteiger partial charge in [-0.15, -0.1) is 0 Å². The summed E-state index contributed by atoms with van der Waals surface area (Å²) in [7, 11) is 0. The van der Waals surface area contributed by atoms with E-state index in [9.17, 15) is 9.59 Å². The minimum absolute atomic E-state index is 0.348. The summed E-state index contributed by atoms with van der Waals surface area (Å²) in [6.45, 7) is 2.77. The van der Waals surface area contributed by atoms with Crippen LogP contribution >= 0.6 is 31.9 Å². The minimum atomic E-state index is -0.380. The summed E-state index contributed by atoms with van der Waals surface area (Å²) < 4.78 is 1.91. The molecule has 0 saturated carbocycles. The van der Waals surface area contributed by atoms with Gasteiger partial charge in [-0.1, -0.05) is 22.9 Å². The number of halogens is 2. The van der Waals surface area contributed by atoms with Crippen LogP contribution in [0.25, 0.3) is 0 Å². The van der Waals surface area contributed by atoms with Gasteiger partial charge in [-0.25, -0.2) is 4.79 Å². The monoisotopic (exact) mass is 352 g/mol. The summed E-state index contributed by atoms with van der Waals surface area (Å²) in [5, 5.41) is 0.971. The number of H-pyrrole nitrogens is 1. The quantitative estimate of drug-likeness (QED) is 0.824. The molecule has 0 fully saturated rings. The molecule has 0 bridgehead atoms. The molecule has 6 heteroatoms. The van der Waals surface area contributed by atoms with E-state index in [1.54, 1.807) is 6.20 Å². The lowest BCUT2D eigenvalue weighted by atomic mass is 10.1. The molecule has 0 saturated heterocycles. The Balaban J connectivity index is 2.71. The lowest BCUT2D eigenvalue weighted by molar-refractivity contribution is 0.461. The lowest BCUT2D eigenvalue weighted by Gasteiger charge is -2.10. The van der Waals surface area contributed by atoms with Crippen molar-refractivity contribution in [3.63, 3.8) is 0 Å². The van der Waals surface area contributed by atoms with Crippen LogP contribution in [-0.4, -0.2) is 14.9 Å². The largest absolute Gasteiger partial charge is 0.328 e. The summed E-state index contributed by atoms with van der Waals surface area (Å²) in [6, 6.07) is 0. The fraction of sp³-hybridized carbons (Fsp3) is 0.600. The Labute approximate surface area is 110 Å². The molecule has 0 aliphatic carbocycles. The van der Waals surface area contributed by atoms with E-state index < -0.39 is 0 Å². The lowest BCUT2D eigenvalue weighted by Crippen LogP contribution is -2.30. The van der Waals surface area contributed by atoms with Gasteiger partial charge in [0.05, 0.1) is 4.47 Å². The molecule has 0 spiro atoms. The van der Waals surface area contributed by atoms with Crippen molar-refractivity contribution in [1.82, 2.24) is 9.55 Å². The number of aryl methyl sites for hydroxylation is 1. The van der Waals surface area contributed by atoms with Crippen molar-refractivity contribution in [2.24, 2.45) is 5.92 Å². The van der Waals surface area contributed by atoms with Gasteiger partial charge in [0.2, 0.25) is 0 Å². The molecule has 1 N–H and O–H groups in total. The first-order valence-electron chi connectivity index (χ1n) is 5.10. The van der Waals surface area contributed by atoms with Crippen molar-refractivity contribution in [2.75, 3.05) is 5.33 Å². The molecule has 1 heterocycles. The number of aromatic amines is 1. The minimum Gasteiger partial charge on any atom is -0.299 e. The normalized spacial score (nSPS) is 12.7. The summed E-state index contributed by atoms with van der Waals surface area (Å²) in [5.41, 5.74) is -0.728. The zero-order valence-electron chi connectivity index (χ0n) is 9.00. The second-order valence-corrected chi connectivity index (χ2v) is 5.45. The number of rotatable bonds is 5. The van der Waals surface area contributed by atoms with Gasteiger partial charge >= 0.3 is 5.69 Å². The number of hydrogen-bond donors (Lipinski definition) is 1. The zero-order valence-corrected chi connectivity index (χ0v) is 12.2. The van der Waals surface area contributed by atoms with Crippen molar-refractivity contribution in [3.8, 4) is 0 Å². The van der Waals surface area contributed by atoms with Crippen LogP contribution in [0.3, 0.4) is 0 Å². The van der Waals surface area contributed by atoms with E-state index in [0.717, 1.165) is 18.2 Å². The van der Waals surface area contributed by atoms with E-state index >= 15 is 0 Å². The number of alkyl halides is 1. The van der Waals surface area contributed by atoms with Gasteiger partial charge in [0.15, 0.2) is 0 Å². The molecule has 0 amide bonds. The van der Waals surface area contributed by atoms with E-state index in [0.29, 0.717) is 16.9 Å². The second-order valence-electron chi connectivity index (χ2n) is 3.80. The van der Waals surface area contributed by atoms with Crippen LogP contribution in [0.1, 0.15) is 19.8 Å². The van der Waals surface area contributed by atoms with E-state index in [1.165, 1.54) is 4.57 Å². The van der Waals surface area contributed by atoms with Crippen molar-refractivity contribution >= 4 is 31.9 Å². The molecule has 90 valence electrons. The van der Waals surface area contributed by atoms with E-state index in [2.05, 4.69) is 43.8 Å². The molecule has 1 atom stereocenters. The van der Waals surface area contributed by atoms with Crippen LogP contribution in [0.2, 0.25) is 0 Å². The van der Waals surface area contributed by atoms with Gasteiger partial charge in [0.25, 0.3) is 5.56 Å². The molecule has 1 rings (SSSR count). The molecule has 0 aliphatic heterocycles. The first kappa shape index (κ1) is 13.7. The maximum Gasteiger partial charge on any atom is 0.328 e. The van der Waals surface area contributed by atoms with E-state index in [-0.39, 0.29) is 11.2 Å². The molecular weight excluding hydrogens is 340 g/mol. The highest BCUT2D eigenvalue weighted by atomic mass is 79.9. The third kappa shape index (κ3) is 3.90. The molecule has 1 unspecified atom stereocenters. The van der Waals surface area contributed by atoms with Crippen LogP contribution in [0, 0.1) is 5.92 Å². The van der Waals surface area contributed by atoms with Crippen molar-refractivity contribution in [2.45, 2.75) is 26.3 Å². The topological polar surface area (TPSA) is 54.9 Å². The summed E-state index contributed by atoms with van der Waals surface area (Å²) >= 11 is 6.50. The number of nitrogens with one attached hydrogen (secondary N) is 1. The fourth-order valence-corrected chi connectivity index (χ4v) is 2.47. The SMILES string of the molecule is CC(CCBr)CCn1cc(Br)c(=O)[nH]c1=O. The van der Waals surface area contributed by atoms with Gasteiger partial charge in [-0.2, -0.15) is 0 Å². The van der Waals surface area contributed by atoms with Gasteiger partial charge in [-0.3, -0.25) is 14.3 Å². The predicted molar refractivity (Wildman–Crippen MR) is 71.2 cm³/mol. The summed E-state index contributed by atoms with van der Waals surface area (Å²) in [4.78, 5) is 24.8. The molecule has 1 aromatic rings. The first-order valence-corrected chi connectivity index (χ1v) is 7.01. The Morgan fingerprint density at radius 3 is 2.75 bits per heavy atom. The molecule has 1 aromatic heterocycles. The Kier molecular flexibility index (Phi) is 5.48. The van der Waals surface area contributed by atoms with Crippen molar-refractivity contribution in [3.05, 3.63) is 31.5 Å². The average molecular weight is 354 g/mol. The van der Waals surface area contributed by atoms with E-state index in [4.69, 9.17) is 0 Å². The number of hydrogen-bond acceptors (Lipinski definition) is 2. The van der Waals surface area contributed by atoms with Crippen LogP contribution in [0.4, 0.5) is 0 Å². The molecule has 0 radical (unpaired) electrons. The molecule has 0 aromatic carbocycles. The Hall–Kier alpha value is -0.360. The third-order valence-electron chi connectivity index (χ3n) is 2.43. The van der Waals surface area contributed by atoms with Gasteiger partial charge in [0.1, 0.15) is 0 Å². The summed E-state index contributed by atoms with van der Waals surface area (Å²) in [6.07, 6.45) is 3.55. The number of aromatic nitrogens is 2. The molecule has 0 aliphatic rings. The fourth-order valence-electron chi connectivity index (χ4n) is 1.34. The van der Waals surface area contributed by atoms with Crippen molar-refractivity contribution < 1.29 is 0 Å². The van der Waals surface area contributed by atoms with Gasteiger partial charge in [-0.05, 0) is 34.7 Å². The van der Waals surface area contributed by atoms with Crippen LogP contribution in [0.5, 0.6) is 0 Å². The maximum atomic E-state index is 11.4. The Morgan fingerprint density at radius 1 is 1.44 bits per heavy atom. The molecular formula is C10H14Br2N2O2. The zero-order chi connectivity index (χ0) is 12.1. The van der Waals surface area contributed by atoms with Crippen LogP contribution < -0.4 is 11.2 Å². The second kappa shape index (κ2) is 6.39. The Bertz CT molecular complexity index is 453. The predicted octanol–water partition coefficient (Wildman–Crippen LogP) is 2.11. The highest BCUT2D eigenvalue weighted by Crippen LogP contribution is 2.10. The standard InChI is InChI=1S/C10H14Br2N2O2/c1-7(2-4-11)3-5-14-6-8(12)9(15)13-10(14)16/h6-7H,2-5H2,1H3,(H,13,15,16).